The molecule has 2 saturated heterocycles. The molecule has 2 amide bonds. The Kier molecular flexibility index (Phi) is 6.66. The van der Waals surface area contributed by atoms with Crippen molar-refractivity contribution in [3.8, 4) is 0 Å². The highest BCUT2D eigenvalue weighted by Crippen LogP contribution is 2.48. The van der Waals surface area contributed by atoms with E-state index >= 15 is 0 Å². The average Bonchev–Trinajstić information content (AvgIpc) is 3.24. The van der Waals surface area contributed by atoms with Crippen molar-refractivity contribution in [2.75, 3.05) is 19.0 Å². The highest BCUT2D eigenvalue weighted by Gasteiger charge is 2.59. The standard InChI is InChI=1S/C24H30N2O3S/c1-2-29-15-9-14-24(28)22-21(18-30-24)25(16-19-10-5-3-6-11-19)23(27)26(22)17-20-12-7-4-8-13-20/h3-8,10-13,21-22,28H,2,9,14-18H2,1H3. The Morgan fingerprint density at radius 1 is 1.03 bits per heavy atom. The minimum absolute atomic E-state index is 0.00325. The fourth-order valence-electron chi connectivity index (χ4n) is 4.55. The van der Waals surface area contributed by atoms with E-state index in [2.05, 4.69) is 12.1 Å². The lowest BCUT2D eigenvalue weighted by Gasteiger charge is -2.34. The SMILES string of the molecule is CCOCCCC1(O)SCC2C1N(Cc1ccccc1)C(=O)N2Cc1ccccc1. The second kappa shape index (κ2) is 9.41. The van der Waals surface area contributed by atoms with Gasteiger partial charge in [-0.1, -0.05) is 60.7 Å². The lowest BCUT2D eigenvalue weighted by molar-refractivity contribution is 0.0344. The molecule has 2 heterocycles. The minimum Gasteiger partial charge on any atom is -0.382 e. The Morgan fingerprint density at radius 2 is 1.63 bits per heavy atom. The van der Waals surface area contributed by atoms with E-state index in [1.165, 1.54) is 0 Å². The van der Waals surface area contributed by atoms with Gasteiger partial charge in [0.05, 0.1) is 12.1 Å². The Morgan fingerprint density at radius 3 is 2.23 bits per heavy atom. The molecule has 0 aliphatic carbocycles. The van der Waals surface area contributed by atoms with Crippen molar-refractivity contribution in [3.63, 3.8) is 0 Å². The number of hydrogen-bond donors (Lipinski definition) is 1. The molecular weight excluding hydrogens is 396 g/mol. The van der Waals surface area contributed by atoms with Crippen LogP contribution < -0.4 is 0 Å². The van der Waals surface area contributed by atoms with Gasteiger partial charge < -0.3 is 19.6 Å². The van der Waals surface area contributed by atoms with Gasteiger partial charge in [0.25, 0.3) is 0 Å². The molecule has 2 aliphatic rings. The number of carbonyl (C=O) groups is 1. The maximum Gasteiger partial charge on any atom is 0.321 e. The molecule has 0 radical (unpaired) electrons. The van der Waals surface area contributed by atoms with Crippen LogP contribution in [0.25, 0.3) is 0 Å². The number of benzene rings is 2. The van der Waals surface area contributed by atoms with Crippen molar-refractivity contribution in [1.29, 1.82) is 0 Å². The second-order valence-corrected chi connectivity index (χ2v) is 9.31. The normalized spacial score (nSPS) is 25.7. The van der Waals surface area contributed by atoms with Crippen LogP contribution in [0.4, 0.5) is 4.79 Å². The van der Waals surface area contributed by atoms with Gasteiger partial charge in [0.15, 0.2) is 0 Å². The number of ether oxygens (including phenoxy) is 1. The first-order valence-corrected chi connectivity index (χ1v) is 11.7. The van der Waals surface area contributed by atoms with Crippen LogP contribution in [0.15, 0.2) is 60.7 Å². The van der Waals surface area contributed by atoms with Gasteiger partial charge in [0.2, 0.25) is 0 Å². The summed E-state index contributed by atoms with van der Waals surface area (Å²) in [5.41, 5.74) is 2.20. The molecule has 30 heavy (non-hydrogen) atoms. The summed E-state index contributed by atoms with van der Waals surface area (Å²) in [6.45, 7) is 4.38. The van der Waals surface area contributed by atoms with Crippen LogP contribution >= 0.6 is 11.8 Å². The Labute approximate surface area is 183 Å². The molecule has 5 nitrogen and oxygen atoms in total. The van der Waals surface area contributed by atoms with Gasteiger partial charge >= 0.3 is 6.03 Å². The zero-order valence-electron chi connectivity index (χ0n) is 17.4. The molecular formula is C24H30N2O3S. The van der Waals surface area contributed by atoms with E-state index in [0.717, 1.165) is 23.3 Å². The average molecular weight is 427 g/mol. The lowest BCUT2D eigenvalue weighted by atomic mass is 9.98. The van der Waals surface area contributed by atoms with Gasteiger partial charge in [-0.15, -0.1) is 11.8 Å². The van der Waals surface area contributed by atoms with Gasteiger partial charge in [0, 0.05) is 32.1 Å². The molecule has 6 heteroatoms. The highest BCUT2D eigenvalue weighted by atomic mass is 32.2. The van der Waals surface area contributed by atoms with Crippen LogP contribution in [0.3, 0.4) is 0 Å². The predicted molar refractivity (Wildman–Crippen MR) is 120 cm³/mol. The third-order valence-corrected chi connectivity index (χ3v) is 7.43. The predicted octanol–water partition coefficient (Wildman–Crippen LogP) is 4.11. The summed E-state index contributed by atoms with van der Waals surface area (Å²) in [6, 6.07) is 19.9. The first-order valence-electron chi connectivity index (χ1n) is 10.7. The Bertz CT molecular complexity index is 835. The van der Waals surface area contributed by atoms with E-state index in [1.807, 2.05) is 65.3 Å². The molecule has 0 bridgehead atoms. The number of fused-ring (bicyclic) bond motifs is 1. The summed E-state index contributed by atoms with van der Waals surface area (Å²) >= 11 is 1.59. The summed E-state index contributed by atoms with van der Waals surface area (Å²) in [6.07, 6.45) is 1.41. The van der Waals surface area contributed by atoms with Gasteiger partial charge in [-0.05, 0) is 30.9 Å². The summed E-state index contributed by atoms with van der Waals surface area (Å²) in [5, 5.41) is 11.6. The minimum atomic E-state index is -0.947. The summed E-state index contributed by atoms with van der Waals surface area (Å²) in [7, 11) is 0. The third-order valence-electron chi connectivity index (χ3n) is 5.98. The maximum atomic E-state index is 13.5. The molecule has 3 unspecified atom stereocenters. The summed E-state index contributed by atoms with van der Waals surface area (Å²) in [4.78, 5) is 16.4. The number of aliphatic hydroxyl groups is 1. The fourth-order valence-corrected chi connectivity index (χ4v) is 6.11. The molecule has 1 N–H and O–H groups in total. The van der Waals surface area contributed by atoms with Crippen molar-refractivity contribution in [1.82, 2.24) is 9.80 Å². The molecule has 0 spiro atoms. The van der Waals surface area contributed by atoms with Gasteiger partial charge in [-0.25, -0.2) is 4.79 Å². The second-order valence-electron chi connectivity index (χ2n) is 7.98. The first kappa shape index (κ1) is 21.2. The van der Waals surface area contributed by atoms with Crippen LogP contribution in [0.5, 0.6) is 0 Å². The number of carbonyl (C=O) groups excluding carboxylic acids is 1. The lowest BCUT2D eigenvalue weighted by Crippen LogP contribution is -2.48. The van der Waals surface area contributed by atoms with E-state index in [1.54, 1.807) is 11.8 Å². The zero-order valence-corrected chi connectivity index (χ0v) is 18.3. The van der Waals surface area contributed by atoms with Crippen molar-refractivity contribution in [2.45, 2.75) is 49.9 Å². The zero-order chi connectivity index (χ0) is 21.0. The fraction of sp³-hybridized carbons (Fsp3) is 0.458. The molecule has 2 aliphatic heterocycles. The first-order chi connectivity index (χ1) is 14.6. The Hall–Kier alpha value is -2.02. The number of amides is 2. The molecule has 3 atom stereocenters. The Balaban J connectivity index is 1.58. The molecule has 2 aromatic rings. The van der Waals surface area contributed by atoms with E-state index in [-0.39, 0.29) is 18.1 Å². The topological polar surface area (TPSA) is 53.0 Å². The van der Waals surface area contributed by atoms with Gasteiger partial charge in [-0.2, -0.15) is 0 Å². The summed E-state index contributed by atoms with van der Waals surface area (Å²) in [5.74, 6) is 0.750. The molecule has 0 saturated carbocycles. The van der Waals surface area contributed by atoms with Crippen molar-refractivity contribution < 1.29 is 14.6 Å². The van der Waals surface area contributed by atoms with Gasteiger partial charge in [0.1, 0.15) is 4.93 Å². The largest absolute Gasteiger partial charge is 0.382 e. The molecule has 2 fully saturated rings. The van der Waals surface area contributed by atoms with E-state index < -0.39 is 4.93 Å². The molecule has 160 valence electrons. The number of hydrogen-bond acceptors (Lipinski definition) is 4. The monoisotopic (exact) mass is 426 g/mol. The summed E-state index contributed by atoms with van der Waals surface area (Å²) < 4.78 is 5.48. The van der Waals surface area contributed by atoms with Crippen LogP contribution in [0.2, 0.25) is 0 Å². The quantitative estimate of drug-likeness (QED) is 0.484. The van der Waals surface area contributed by atoms with E-state index in [4.69, 9.17) is 4.74 Å². The maximum absolute atomic E-state index is 13.5. The number of nitrogens with zero attached hydrogens (tertiary/aromatic N) is 2. The van der Waals surface area contributed by atoms with E-state index in [9.17, 15) is 9.90 Å². The van der Waals surface area contributed by atoms with Crippen molar-refractivity contribution in [2.24, 2.45) is 0 Å². The van der Waals surface area contributed by atoms with Crippen LogP contribution in [0.1, 0.15) is 30.9 Å². The highest BCUT2D eigenvalue weighted by molar-refractivity contribution is 8.00. The van der Waals surface area contributed by atoms with Crippen LogP contribution in [0, 0.1) is 0 Å². The van der Waals surface area contributed by atoms with Crippen LogP contribution in [-0.2, 0) is 17.8 Å². The molecule has 4 rings (SSSR count). The van der Waals surface area contributed by atoms with Gasteiger partial charge in [-0.3, -0.25) is 0 Å². The van der Waals surface area contributed by atoms with Crippen molar-refractivity contribution >= 4 is 17.8 Å². The van der Waals surface area contributed by atoms with E-state index in [0.29, 0.717) is 32.7 Å². The van der Waals surface area contributed by atoms with Crippen LogP contribution in [-0.4, -0.2) is 56.9 Å². The molecule has 0 aromatic heterocycles. The third kappa shape index (κ3) is 4.36. The number of thioether (sulfide) groups is 1. The molecule has 2 aromatic carbocycles. The number of rotatable bonds is 9. The smallest absolute Gasteiger partial charge is 0.321 e. The number of urea groups is 1. The van der Waals surface area contributed by atoms with Crippen molar-refractivity contribution in [3.05, 3.63) is 71.8 Å².